The lowest BCUT2D eigenvalue weighted by atomic mass is 10.0. The van der Waals surface area contributed by atoms with E-state index in [1.54, 1.807) is 24.1 Å². The number of nitrogens with one attached hydrogen (secondary N) is 1. The zero-order chi connectivity index (χ0) is 17.8. The first-order valence-corrected chi connectivity index (χ1v) is 8.99. The molecule has 3 rings (SSSR count). The molecule has 2 fully saturated rings. The lowest BCUT2D eigenvalue weighted by Gasteiger charge is -2.30. The van der Waals surface area contributed by atoms with Crippen molar-refractivity contribution in [1.29, 1.82) is 0 Å². The Kier molecular flexibility index (Phi) is 5.58. The van der Waals surface area contributed by atoms with Gasteiger partial charge in [0, 0.05) is 24.7 Å². The third-order valence-corrected chi connectivity index (χ3v) is 5.23. The molecule has 0 spiro atoms. The van der Waals surface area contributed by atoms with Crippen LogP contribution in [-0.2, 0) is 4.79 Å². The Morgan fingerprint density at radius 2 is 1.92 bits per heavy atom. The second kappa shape index (κ2) is 7.87. The van der Waals surface area contributed by atoms with Crippen molar-refractivity contribution in [1.82, 2.24) is 15.1 Å². The summed E-state index contributed by atoms with van der Waals surface area (Å²) >= 11 is 0. The summed E-state index contributed by atoms with van der Waals surface area (Å²) in [7, 11) is 3.69. The highest BCUT2D eigenvalue weighted by Crippen LogP contribution is 2.21. The van der Waals surface area contributed by atoms with Gasteiger partial charge in [0.25, 0.3) is 5.91 Å². The number of carbonyl (C=O) groups excluding carboxylic acids is 2. The van der Waals surface area contributed by atoms with Crippen LogP contribution in [0, 0.1) is 5.92 Å². The van der Waals surface area contributed by atoms with Gasteiger partial charge in [0.05, 0.1) is 13.0 Å². The van der Waals surface area contributed by atoms with Gasteiger partial charge in [-0.15, -0.1) is 0 Å². The molecule has 0 saturated carbocycles. The van der Waals surface area contributed by atoms with Gasteiger partial charge in [0.15, 0.2) is 0 Å². The number of methoxy groups -OCH3 is 1. The zero-order valence-corrected chi connectivity index (χ0v) is 15.0. The Morgan fingerprint density at radius 1 is 1.16 bits per heavy atom. The van der Waals surface area contributed by atoms with Crippen molar-refractivity contribution in [2.45, 2.75) is 25.3 Å². The minimum Gasteiger partial charge on any atom is -0.497 e. The van der Waals surface area contributed by atoms with Crippen LogP contribution in [0.1, 0.15) is 29.6 Å². The first-order chi connectivity index (χ1) is 12.1. The van der Waals surface area contributed by atoms with Crippen LogP contribution in [0.25, 0.3) is 0 Å². The highest BCUT2D eigenvalue weighted by atomic mass is 16.5. The van der Waals surface area contributed by atoms with Crippen molar-refractivity contribution in [2.24, 2.45) is 5.92 Å². The summed E-state index contributed by atoms with van der Waals surface area (Å²) in [5, 5.41) is 3.18. The summed E-state index contributed by atoms with van der Waals surface area (Å²) in [6, 6.07) is 7.43. The zero-order valence-electron chi connectivity index (χ0n) is 15.0. The molecule has 25 heavy (non-hydrogen) atoms. The van der Waals surface area contributed by atoms with E-state index in [1.165, 1.54) is 0 Å². The lowest BCUT2D eigenvalue weighted by Crippen LogP contribution is -2.45. The normalized spacial score (nSPS) is 22.0. The van der Waals surface area contributed by atoms with Gasteiger partial charge in [-0.05, 0) is 57.6 Å². The highest BCUT2D eigenvalue weighted by molar-refractivity contribution is 5.95. The molecular formula is C19H27N3O3. The molecule has 0 radical (unpaired) electrons. The lowest BCUT2D eigenvalue weighted by molar-refractivity contribution is -0.125. The Labute approximate surface area is 149 Å². The third-order valence-electron chi connectivity index (χ3n) is 5.23. The summed E-state index contributed by atoms with van der Waals surface area (Å²) in [6.45, 7) is 3.17. The second-order valence-corrected chi connectivity index (χ2v) is 7.05. The van der Waals surface area contributed by atoms with Gasteiger partial charge in [-0.3, -0.25) is 9.59 Å². The SMILES string of the molecule is COc1cccc(C(=O)N2CC[C@@H](C(=O)NC3CCN(C)CC3)C2)c1. The molecule has 6 nitrogen and oxygen atoms in total. The van der Waals surface area contributed by atoms with E-state index in [0.29, 0.717) is 24.4 Å². The van der Waals surface area contributed by atoms with E-state index in [-0.39, 0.29) is 23.8 Å². The molecule has 0 aliphatic carbocycles. The van der Waals surface area contributed by atoms with E-state index < -0.39 is 0 Å². The van der Waals surface area contributed by atoms with Crippen LogP contribution in [0.2, 0.25) is 0 Å². The summed E-state index contributed by atoms with van der Waals surface area (Å²) in [6.07, 6.45) is 2.73. The number of nitrogens with zero attached hydrogens (tertiary/aromatic N) is 2. The van der Waals surface area contributed by atoms with E-state index in [2.05, 4.69) is 17.3 Å². The number of likely N-dealkylation sites (tertiary alicyclic amines) is 2. The molecule has 2 saturated heterocycles. The van der Waals surface area contributed by atoms with Crippen LogP contribution in [-0.4, -0.2) is 68.0 Å². The number of amides is 2. The molecule has 136 valence electrons. The van der Waals surface area contributed by atoms with Crippen molar-refractivity contribution in [3.05, 3.63) is 29.8 Å². The minimum absolute atomic E-state index is 0.0338. The first-order valence-electron chi connectivity index (χ1n) is 8.99. The van der Waals surface area contributed by atoms with E-state index in [4.69, 9.17) is 4.74 Å². The number of hydrogen-bond donors (Lipinski definition) is 1. The average Bonchev–Trinajstić information content (AvgIpc) is 3.13. The monoisotopic (exact) mass is 345 g/mol. The highest BCUT2D eigenvalue weighted by Gasteiger charge is 2.32. The van der Waals surface area contributed by atoms with Gasteiger partial charge in [-0.2, -0.15) is 0 Å². The molecule has 2 amide bonds. The summed E-state index contributed by atoms with van der Waals surface area (Å²) in [5.74, 6) is 0.625. The van der Waals surface area contributed by atoms with Gasteiger partial charge >= 0.3 is 0 Å². The Hall–Kier alpha value is -2.08. The number of ether oxygens (including phenoxy) is 1. The average molecular weight is 345 g/mol. The fraction of sp³-hybridized carbons (Fsp3) is 0.579. The quantitative estimate of drug-likeness (QED) is 0.895. The fourth-order valence-electron chi connectivity index (χ4n) is 3.57. The number of carbonyl (C=O) groups is 2. The molecule has 0 bridgehead atoms. The van der Waals surface area contributed by atoms with Crippen molar-refractivity contribution < 1.29 is 14.3 Å². The van der Waals surface area contributed by atoms with Crippen LogP contribution in [0.5, 0.6) is 5.75 Å². The van der Waals surface area contributed by atoms with Crippen molar-refractivity contribution >= 4 is 11.8 Å². The van der Waals surface area contributed by atoms with Crippen molar-refractivity contribution in [3.8, 4) is 5.75 Å². The molecule has 1 aromatic rings. The van der Waals surface area contributed by atoms with Gasteiger partial charge in [0.2, 0.25) is 5.91 Å². The Balaban J connectivity index is 1.53. The number of piperidine rings is 1. The number of rotatable bonds is 4. The molecule has 2 aliphatic heterocycles. The maximum absolute atomic E-state index is 12.6. The Morgan fingerprint density at radius 3 is 2.64 bits per heavy atom. The third kappa shape index (κ3) is 4.31. The van der Waals surface area contributed by atoms with E-state index in [0.717, 1.165) is 32.4 Å². The van der Waals surface area contributed by atoms with E-state index >= 15 is 0 Å². The van der Waals surface area contributed by atoms with Crippen LogP contribution in [0.15, 0.2) is 24.3 Å². The van der Waals surface area contributed by atoms with Gasteiger partial charge in [-0.1, -0.05) is 6.07 Å². The van der Waals surface area contributed by atoms with Crippen LogP contribution >= 0.6 is 0 Å². The van der Waals surface area contributed by atoms with Crippen LogP contribution in [0.4, 0.5) is 0 Å². The molecule has 2 heterocycles. The molecule has 1 aromatic carbocycles. The minimum atomic E-state index is -0.103. The smallest absolute Gasteiger partial charge is 0.254 e. The molecule has 0 aromatic heterocycles. The van der Waals surface area contributed by atoms with E-state index in [9.17, 15) is 9.59 Å². The molecule has 1 atom stereocenters. The molecule has 6 heteroatoms. The summed E-state index contributed by atoms with van der Waals surface area (Å²) < 4.78 is 5.18. The molecule has 2 aliphatic rings. The fourth-order valence-corrected chi connectivity index (χ4v) is 3.57. The largest absolute Gasteiger partial charge is 0.497 e. The molecule has 1 N–H and O–H groups in total. The summed E-state index contributed by atoms with van der Waals surface area (Å²) in [5.41, 5.74) is 0.607. The van der Waals surface area contributed by atoms with Gasteiger partial charge in [-0.25, -0.2) is 0 Å². The van der Waals surface area contributed by atoms with Crippen LogP contribution < -0.4 is 10.1 Å². The molecular weight excluding hydrogens is 318 g/mol. The van der Waals surface area contributed by atoms with Crippen molar-refractivity contribution in [3.63, 3.8) is 0 Å². The van der Waals surface area contributed by atoms with Crippen LogP contribution in [0.3, 0.4) is 0 Å². The number of hydrogen-bond acceptors (Lipinski definition) is 4. The Bertz CT molecular complexity index is 626. The molecule has 0 unspecified atom stereocenters. The summed E-state index contributed by atoms with van der Waals surface area (Å²) in [4.78, 5) is 29.2. The maximum atomic E-state index is 12.6. The first kappa shape index (κ1) is 17.7. The maximum Gasteiger partial charge on any atom is 0.254 e. The second-order valence-electron chi connectivity index (χ2n) is 7.05. The van der Waals surface area contributed by atoms with E-state index in [1.807, 2.05) is 12.1 Å². The van der Waals surface area contributed by atoms with Gasteiger partial charge in [0.1, 0.15) is 5.75 Å². The number of benzene rings is 1. The predicted molar refractivity (Wildman–Crippen MR) is 95.7 cm³/mol. The predicted octanol–water partition coefficient (Wildman–Crippen LogP) is 1.37. The van der Waals surface area contributed by atoms with Crippen molar-refractivity contribution in [2.75, 3.05) is 40.3 Å². The van der Waals surface area contributed by atoms with Gasteiger partial charge < -0.3 is 19.9 Å². The topological polar surface area (TPSA) is 61.9 Å². The standard InChI is InChI=1S/C19H27N3O3/c1-21-9-7-16(8-10-21)20-18(23)15-6-11-22(13-15)19(24)14-4-3-5-17(12-14)25-2/h3-5,12,15-16H,6-11,13H2,1-2H3,(H,20,23)/t15-/m1/s1.